The largest absolute Gasteiger partial charge is 0.295 e. The van der Waals surface area contributed by atoms with E-state index in [0.717, 1.165) is 12.8 Å². The molecular weight excluding hydrogens is 148 g/mol. The zero-order valence-corrected chi connectivity index (χ0v) is 8.47. The molecule has 0 amide bonds. The van der Waals surface area contributed by atoms with Crippen LogP contribution in [-0.2, 0) is 4.79 Å². The maximum absolute atomic E-state index is 11.4. The van der Waals surface area contributed by atoms with Crippen LogP contribution in [-0.4, -0.2) is 5.78 Å². The second-order valence-corrected chi connectivity index (χ2v) is 3.15. The number of allylic oxidation sites excluding steroid dienone is 2. The molecule has 1 heteroatoms. The second kappa shape index (κ2) is 7.08. The zero-order valence-electron chi connectivity index (χ0n) is 8.47. The van der Waals surface area contributed by atoms with Gasteiger partial charge in [-0.3, -0.25) is 4.79 Å². The van der Waals surface area contributed by atoms with Crippen LogP contribution >= 0.6 is 0 Å². The minimum atomic E-state index is 0.265. The van der Waals surface area contributed by atoms with Gasteiger partial charge in [0.1, 0.15) is 0 Å². The van der Waals surface area contributed by atoms with Crippen molar-refractivity contribution in [3.63, 3.8) is 0 Å². The molecule has 12 heavy (non-hydrogen) atoms. The van der Waals surface area contributed by atoms with E-state index in [1.165, 1.54) is 12.8 Å². The molecule has 0 radical (unpaired) electrons. The third kappa shape index (κ3) is 4.32. The predicted molar refractivity (Wildman–Crippen MR) is 53.1 cm³/mol. The maximum atomic E-state index is 11.4. The molecule has 1 nitrogen and oxygen atoms in total. The quantitative estimate of drug-likeness (QED) is 0.556. The monoisotopic (exact) mass is 168 g/mol. The predicted octanol–water partition coefficient (Wildman–Crippen LogP) is 3.35. The molecule has 0 rings (SSSR count). The lowest BCUT2D eigenvalue weighted by Crippen LogP contribution is -2.10. The fraction of sp³-hybridized carbons (Fsp3) is 0.727. The fourth-order valence-corrected chi connectivity index (χ4v) is 1.30. The van der Waals surface area contributed by atoms with Crippen LogP contribution in [0.4, 0.5) is 0 Å². The number of carbonyl (C=O) groups is 1. The molecule has 0 aromatic carbocycles. The van der Waals surface area contributed by atoms with E-state index >= 15 is 0 Å². The van der Waals surface area contributed by atoms with E-state index in [0.29, 0.717) is 5.78 Å². The highest BCUT2D eigenvalue weighted by Crippen LogP contribution is 2.13. The molecular formula is C11H20O. The van der Waals surface area contributed by atoms with Gasteiger partial charge in [0, 0.05) is 5.92 Å². The smallest absolute Gasteiger partial charge is 0.158 e. The Morgan fingerprint density at radius 1 is 1.42 bits per heavy atom. The number of rotatable bonds is 6. The van der Waals surface area contributed by atoms with Crippen molar-refractivity contribution in [2.75, 3.05) is 0 Å². The molecule has 0 unspecified atom stereocenters. The van der Waals surface area contributed by atoms with E-state index in [1.54, 1.807) is 6.08 Å². The fourth-order valence-electron chi connectivity index (χ4n) is 1.30. The van der Waals surface area contributed by atoms with Crippen molar-refractivity contribution in [3.8, 4) is 0 Å². The normalized spacial score (nSPS) is 13.6. The van der Waals surface area contributed by atoms with Crippen molar-refractivity contribution >= 4 is 5.78 Å². The minimum absolute atomic E-state index is 0.265. The summed E-state index contributed by atoms with van der Waals surface area (Å²) in [7, 11) is 0. The Hall–Kier alpha value is -0.590. The van der Waals surface area contributed by atoms with E-state index in [2.05, 4.69) is 13.8 Å². The van der Waals surface area contributed by atoms with Gasteiger partial charge in [0.25, 0.3) is 0 Å². The van der Waals surface area contributed by atoms with Crippen LogP contribution in [0.25, 0.3) is 0 Å². The Kier molecular flexibility index (Phi) is 6.73. The van der Waals surface area contributed by atoms with Crippen molar-refractivity contribution in [2.45, 2.75) is 46.5 Å². The number of carbonyl (C=O) groups excluding carboxylic acids is 1. The molecule has 0 saturated heterocycles. The molecule has 70 valence electrons. The van der Waals surface area contributed by atoms with Crippen molar-refractivity contribution in [3.05, 3.63) is 12.2 Å². The summed E-state index contributed by atoms with van der Waals surface area (Å²) >= 11 is 0. The molecule has 0 aliphatic rings. The summed E-state index contributed by atoms with van der Waals surface area (Å²) in [6.07, 6.45) is 7.90. The van der Waals surface area contributed by atoms with Gasteiger partial charge < -0.3 is 0 Å². The first-order valence-corrected chi connectivity index (χ1v) is 4.92. The standard InChI is InChI=1S/C11H20O/c1-4-7-9-10(6-3)11(12)8-5-2/h5,8,10H,4,6-7,9H2,1-3H3/b8-5-/t10-/m0/s1. The molecule has 0 aromatic rings. The number of ketones is 1. The zero-order chi connectivity index (χ0) is 9.40. The molecule has 0 saturated carbocycles. The molecule has 0 fully saturated rings. The van der Waals surface area contributed by atoms with E-state index < -0.39 is 0 Å². The first-order chi connectivity index (χ1) is 5.76. The van der Waals surface area contributed by atoms with Gasteiger partial charge >= 0.3 is 0 Å². The number of unbranched alkanes of at least 4 members (excludes halogenated alkanes) is 1. The van der Waals surface area contributed by atoms with E-state index in [4.69, 9.17) is 0 Å². The van der Waals surface area contributed by atoms with Crippen molar-refractivity contribution in [1.29, 1.82) is 0 Å². The molecule has 1 atom stereocenters. The highest BCUT2D eigenvalue weighted by atomic mass is 16.1. The van der Waals surface area contributed by atoms with Gasteiger partial charge in [-0.05, 0) is 25.8 Å². The van der Waals surface area contributed by atoms with Crippen LogP contribution in [0.15, 0.2) is 12.2 Å². The third-order valence-corrected chi connectivity index (χ3v) is 2.13. The molecule has 0 aliphatic carbocycles. The van der Waals surface area contributed by atoms with Crippen molar-refractivity contribution in [2.24, 2.45) is 5.92 Å². The van der Waals surface area contributed by atoms with Crippen LogP contribution in [0.2, 0.25) is 0 Å². The van der Waals surface area contributed by atoms with E-state index in [-0.39, 0.29) is 5.92 Å². The minimum Gasteiger partial charge on any atom is -0.295 e. The molecule has 0 aromatic heterocycles. The van der Waals surface area contributed by atoms with Crippen LogP contribution < -0.4 is 0 Å². The first kappa shape index (κ1) is 11.4. The van der Waals surface area contributed by atoms with E-state index in [1.807, 2.05) is 13.0 Å². The van der Waals surface area contributed by atoms with Crippen LogP contribution in [0.3, 0.4) is 0 Å². The Morgan fingerprint density at radius 2 is 2.08 bits per heavy atom. The maximum Gasteiger partial charge on any atom is 0.158 e. The summed E-state index contributed by atoms with van der Waals surface area (Å²) in [6, 6.07) is 0. The highest BCUT2D eigenvalue weighted by molar-refractivity contribution is 5.91. The summed E-state index contributed by atoms with van der Waals surface area (Å²) in [5, 5.41) is 0. The Balaban J connectivity index is 3.87. The summed E-state index contributed by atoms with van der Waals surface area (Å²) in [4.78, 5) is 11.4. The lowest BCUT2D eigenvalue weighted by Gasteiger charge is -2.09. The summed E-state index contributed by atoms with van der Waals surface area (Å²) in [5.74, 6) is 0.564. The van der Waals surface area contributed by atoms with Gasteiger partial charge in [-0.2, -0.15) is 0 Å². The highest BCUT2D eigenvalue weighted by Gasteiger charge is 2.11. The van der Waals surface area contributed by atoms with Crippen LogP contribution in [0.1, 0.15) is 46.5 Å². The van der Waals surface area contributed by atoms with Crippen LogP contribution in [0.5, 0.6) is 0 Å². The molecule has 0 aliphatic heterocycles. The lowest BCUT2D eigenvalue weighted by atomic mass is 9.94. The summed E-state index contributed by atoms with van der Waals surface area (Å²) in [5.41, 5.74) is 0. The lowest BCUT2D eigenvalue weighted by molar-refractivity contribution is -0.118. The summed E-state index contributed by atoms with van der Waals surface area (Å²) < 4.78 is 0. The Bertz CT molecular complexity index is 147. The Morgan fingerprint density at radius 3 is 2.50 bits per heavy atom. The van der Waals surface area contributed by atoms with Gasteiger partial charge in [0.05, 0.1) is 0 Å². The van der Waals surface area contributed by atoms with Gasteiger partial charge in [-0.15, -0.1) is 0 Å². The molecule has 0 spiro atoms. The van der Waals surface area contributed by atoms with Gasteiger partial charge in [0.15, 0.2) is 5.78 Å². The molecule has 0 bridgehead atoms. The first-order valence-electron chi connectivity index (χ1n) is 4.92. The van der Waals surface area contributed by atoms with E-state index in [9.17, 15) is 4.79 Å². The average Bonchev–Trinajstić information content (AvgIpc) is 2.06. The topological polar surface area (TPSA) is 17.1 Å². The average molecular weight is 168 g/mol. The van der Waals surface area contributed by atoms with Crippen molar-refractivity contribution < 1.29 is 4.79 Å². The summed E-state index contributed by atoms with van der Waals surface area (Å²) in [6.45, 7) is 6.14. The molecule has 0 heterocycles. The second-order valence-electron chi connectivity index (χ2n) is 3.15. The SMILES string of the molecule is C/C=C\C(=O)[C@@H](CC)CCCC. The third-order valence-electron chi connectivity index (χ3n) is 2.13. The number of hydrogen-bond donors (Lipinski definition) is 0. The van der Waals surface area contributed by atoms with Gasteiger partial charge in [-0.1, -0.05) is 32.8 Å². The molecule has 0 N–H and O–H groups in total. The Labute approximate surface area is 75.9 Å². The number of hydrogen-bond acceptors (Lipinski definition) is 1. The van der Waals surface area contributed by atoms with Gasteiger partial charge in [0.2, 0.25) is 0 Å². The van der Waals surface area contributed by atoms with Crippen molar-refractivity contribution in [1.82, 2.24) is 0 Å². The van der Waals surface area contributed by atoms with Crippen LogP contribution in [0, 0.1) is 5.92 Å². The van der Waals surface area contributed by atoms with Gasteiger partial charge in [-0.25, -0.2) is 0 Å².